The van der Waals surface area contributed by atoms with Gasteiger partial charge in [0.2, 0.25) is 5.91 Å². The van der Waals surface area contributed by atoms with E-state index in [0.717, 1.165) is 24.1 Å². The maximum absolute atomic E-state index is 11.5. The van der Waals surface area contributed by atoms with Crippen molar-refractivity contribution >= 4 is 11.6 Å². The summed E-state index contributed by atoms with van der Waals surface area (Å²) in [5, 5.41) is 11.4. The summed E-state index contributed by atoms with van der Waals surface area (Å²) in [6, 6.07) is 7.29. The van der Waals surface area contributed by atoms with Crippen molar-refractivity contribution in [3.05, 3.63) is 29.8 Å². The van der Waals surface area contributed by atoms with Gasteiger partial charge in [-0.2, -0.15) is 0 Å². The van der Waals surface area contributed by atoms with Gasteiger partial charge in [-0.25, -0.2) is 0 Å². The second kappa shape index (κ2) is 7.48. The Morgan fingerprint density at radius 3 is 3.00 bits per heavy atom. The lowest BCUT2D eigenvalue weighted by molar-refractivity contribution is -0.116. The van der Waals surface area contributed by atoms with Gasteiger partial charge in [0, 0.05) is 17.7 Å². The summed E-state index contributed by atoms with van der Waals surface area (Å²) in [5.74, 6) is 5.40. The molecule has 3 nitrogen and oxygen atoms in total. The lowest BCUT2D eigenvalue weighted by Crippen LogP contribution is -2.10. The third kappa shape index (κ3) is 5.19. The number of nitrogens with one attached hydrogen (secondary N) is 1. The molecule has 0 aliphatic carbocycles. The van der Waals surface area contributed by atoms with Crippen LogP contribution in [0.3, 0.4) is 0 Å². The summed E-state index contributed by atoms with van der Waals surface area (Å²) in [7, 11) is 0. The number of aliphatic hydroxyl groups is 1. The summed E-state index contributed by atoms with van der Waals surface area (Å²) in [6.07, 6.45) is 2.45. The maximum atomic E-state index is 11.5. The number of aliphatic hydroxyl groups excluding tert-OH is 1. The van der Waals surface area contributed by atoms with Crippen LogP contribution in [0.25, 0.3) is 0 Å². The van der Waals surface area contributed by atoms with Crippen LogP contribution in [0.4, 0.5) is 5.69 Å². The first kappa shape index (κ1) is 13.3. The van der Waals surface area contributed by atoms with Crippen molar-refractivity contribution in [1.29, 1.82) is 0 Å². The van der Waals surface area contributed by atoms with Gasteiger partial charge < -0.3 is 10.4 Å². The lowest BCUT2D eigenvalue weighted by atomic mass is 10.2. The van der Waals surface area contributed by atoms with Crippen molar-refractivity contribution in [2.45, 2.75) is 26.2 Å². The number of anilines is 1. The average molecular weight is 231 g/mol. The van der Waals surface area contributed by atoms with Crippen LogP contribution in [0, 0.1) is 11.8 Å². The van der Waals surface area contributed by atoms with E-state index in [0.29, 0.717) is 6.42 Å². The second-order valence-corrected chi connectivity index (χ2v) is 3.69. The number of benzene rings is 1. The summed E-state index contributed by atoms with van der Waals surface area (Å²) >= 11 is 0. The third-order valence-corrected chi connectivity index (χ3v) is 2.22. The molecule has 0 radical (unpaired) electrons. The normalized spacial score (nSPS) is 9.29. The number of hydrogen-bond acceptors (Lipinski definition) is 2. The van der Waals surface area contributed by atoms with Crippen LogP contribution in [-0.4, -0.2) is 17.6 Å². The molecule has 0 saturated heterocycles. The van der Waals surface area contributed by atoms with E-state index in [9.17, 15) is 4.79 Å². The van der Waals surface area contributed by atoms with Crippen LogP contribution in [0.15, 0.2) is 24.3 Å². The van der Waals surface area contributed by atoms with Crippen molar-refractivity contribution in [3.63, 3.8) is 0 Å². The molecule has 0 aromatic heterocycles. The lowest BCUT2D eigenvalue weighted by Gasteiger charge is -2.04. The van der Waals surface area contributed by atoms with E-state index in [1.54, 1.807) is 6.07 Å². The Morgan fingerprint density at radius 1 is 1.47 bits per heavy atom. The van der Waals surface area contributed by atoms with E-state index < -0.39 is 0 Å². The minimum absolute atomic E-state index is 0.0270. The van der Waals surface area contributed by atoms with Crippen molar-refractivity contribution in [3.8, 4) is 11.8 Å². The third-order valence-electron chi connectivity index (χ3n) is 2.22. The van der Waals surface area contributed by atoms with Gasteiger partial charge in [0.25, 0.3) is 0 Å². The molecule has 3 heteroatoms. The Labute approximate surface area is 102 Å². The minimum Gasteiger partial charge on any atom is -0.384 e. The molecule has 0 unspecified atom stereocenters. The Morgan fingerprint density at radius 2 is 2.29 bits per heavy atom. The van der Waals surface area contributed by atoms with Gasteiger partial charge in [0.1, 0.15) is 6.61 Å². The molecule has 0 aliphatic heterocycles. The molecule has 1 aromatic carbocycles. The molecule has 0 fully saturated rings. The fourth-order valence-electron chi connectivity index (χ4n) is 1.38. The summed E-state index contributed by atoms with van der Waals surface area (Å²) < 4.78 is 0. The van der Waals surface area contributed by atoms with Gasteiger partial charge in [-0.3, -0.25) is 4.79 Å². The molecule has 1 amide bonds. The first-order valence-electron chi connectivity index (χ1n) is 5.76. The first-order chi connectivity index (χ1) is 8.26. The highest BCUT2D eigenvalue weighted by Gasteiger charge is 2.01. The molecule has 0 heterocycles. The smallest absolute Gasteiger partial charge is 0.224 e. The zero-order chi connectivity index (χ0) is 12.5. The highest BCUT2D eigenvalue weighted by Crippen LogP contribution is 2.10. The van der Waals surface area contributed by atoms with Crippen LogP contribution in [-0.2, 0) is 4.79 Å². The fraction of sp³-hybridized carbons (Fsp3) is 0.357. The van der Waals surface area contributed by atoms with Crippen molar-refractivity contribution in [1.82, 2.24) is 0 Å². The molecular formula is C14H17NO2. The van der Waals surface area contributed by atoms with Crippen LogP contribution < -0.4 is 5.32 Å². The largest absolute Gasteiger partial charge is 0.384 e. The van der Waals surface area contributed by atoms with Crippen molar-refractivity contribution in [2.75, 3.05) is 11.9 Å². The van der Waals surface area contributed by atoms with Gasteiger partial charge >= 0.3 is 0 Å². The molecule has 0 aliphatic rings. The Bertz CT molecular complexity index is 429. The molecule has 0 bridgehead atoms. The Balaban J connectivity index is 2.62. The van der Waals surface area contributed by atoms with Gasteiger partial charge in [-0.15, -0.1) is 0 Å². The average Bonchev–Trinajstić information content (AvgIpc) is 2.34. The zero-order valence-electron chi connectivity index (χ0n) is 9.99. The van der Waals surface area contributed by atoms with Crippen molar-refractivity contribution < 1.29 is 9.90 Å². The Kier molecular flexibility index (Phi) is 5.84. The van der Waals surface area contributed by atoms with Gasteiger partial charge in [0.15, 0.2) is 0 Å². The maximum Gasteiger partial charge on any atom is 0.224 e. The highest BCUT2D eigenvalue weighted by molar-refractivity contribution is 5.90. The first-order valence-corrected chi connectivity index (χ1v) is 5.76. The number of rotatable bonds is 4. The number of hydrogen-bond donors (Lipinski definition) is 2. The van der Waals surface area contributed by atoms with E-state index in [4.69, 9.17) is 5.11 Å². The molecule has 0 saturated carbocycles. The topological polar surface area (TPSA) is 49.3 Å². The molecule has 0 atom stereocenters. The Hall–Kier alpha value is -1.79. The predicted molar refractivity (Wildman–Crippen MR) is 68.6 cm³/mol. The van der Waals surface area contributed by atoms with Crippen LogP contribution in [0.5, 0.6) is 0 Å². The van der Waals surface area contributed by atoms with E-state index in [1.807, 2.05) is 18.2 Å². The molecule has 0 spiro atoms. The number of carbonyl (C=O) groups excluding carboxylic acids is 1. The molecule has 17 heavy (non-hydrogen) atoms. The predicted octanol–water partition coefficient (Wildman–Crippen LogP) is 2.16. The van der Waals surface area contributed by atoms with E-state index in [-0.39, 0.29) is 12.5 Å². The van der Waals surface area contributed by atoms with Crippen LogP contribution in [0.2, 0.25) is 0 Å². The summed E-state index contributed by atoms with van der Waals surface area (Å²) in [5.41, 5.74) is 1.53. The van der Waals surface area contributed by atoms with E-state index >= 15 is 0 Å². The summed E-state index contributed by atoms with van der Waals surface area (Å²) in [6.45, 7) is 1.89. The number of unbranched alkanes of at least 4 members (excludes halogenated alkanes) is 1. The van der Waals surface area contributed by atoms with Crippen molar-refractivity contribution in [2.24, 2.45) is 0 Å². The number of amides is 1. The molecule has 1 rings (SSSR count). The molecule has 2 N–H and O–H groups in total. The molecule has 1 aromatic rings. The van der Waals surface area contributed by atoms with Gasteiger partial charge in [-0.05, 0) is 24.6 Å². The molecular weight excluding hydrogens is 214 g/mol. The highest BCUT2D eigenvalue weighted by atomic mass is 16.2. The van der Waals surface area contributed by atoms with Gasteiger partial charge in [0.05, 0.1) is 0 Å². The zero-order valence-corrected chi connectivity index (χ0v) is 9.99. The minimum atomic E-state index is -0.160. The standard InChI is InChI=1S/C14H17NO2/c1-2-3-9-14(17)15-13-8-4-6-12(11-13)7-5-10-16/h4,6,8,11,16H,2-3,9-10H2,1H3,(H,15,17). The summed E-state index contributed by atoms with van der Waals surface area (Å²) in [4.78, 5) is 11.5. The molecule has 90 valence electrons. The fourth-order valence-corrected chi connectivity index (χ4v) is 1.38. The second-order valence-electron chi connectivity index (χ2n) is 3.69. The van der Waals surface area contributed by atoms with Crippen LogP contribution in [0.1, 0.15) is 31.7 Å². The van der Waals surface area contributed by atoms with E-state index in [1.165, 1.54) is 0 Å². The quantitative estimate of drug-likeness (QED) is 0.780. The van der Waals surface area contributed by atoms with E-state index in [2.05, 4.69) is 24.1 Å². The van der Waals surface area contributed by atoms with Gasteiger partial charge in [-0.1, -0.05) is 31.3 Å². The monoisotopic (exact) mass is 231 g/mol. The SMILES string of the molecule is CCCCC(=O)Nc1cccc(C#CCO)c1. The van der Waals surface area contributed by atoms with Crippen LogP contribution >= 0.6 is 0 Å². The number of carbonyl (C=O) groups is 1.